The fourth-order valence-corrected chi connectivity index (χ4v) is 4.99. The van der Waals surface area contributed by atoms with E-state index in [0.29, 0.717) is 19.3 Å². The normalized spacial score (nSPS) is 15.2. The number of likely N-dealkylation sites (tertiary alicyclic amines) is 1. The average Bonchev–Trinajstić information content (AvgIpc) is 2.93. The van der Waals surface area contributed by atoms with E-state index in [2.05, 4.69) is 29.2 Å². The standard InChI is InChI=1S/C31H36N2O3/c1-2-12-29(34)33(28-17-10-5-11-18-28)31(30(35)36-25-27-15-8-4-9-16-27)20-23-32(24-21-31)22-19-26-13-6-3-7-14-26/h3-11,13-18H,2,12,19-25H2,1H3. The Morgan fingerprint density at radius 2 is 1.39 bits per heavy atom. The number of hydrogen-bond donors (Lipinski definition) is 0. The van der Waals surface area contributed by atoms with Crippen molar-refractivity contribution in [3.63, 3.8) is 0 Å². The van der Waals surface area contributed by atoms with E-state index in [4.69, 9.17) is 4.74 Å². The van der Waals surface area contributed by atoms with E-state index in [-0.39, 0.29) is 18.5 Å². The lowest BCUT2D eigenvalue weighted by molar-refractivity contribution is -0.155. The average molecular weight is 485 g/mol. The Hall–Kier alpha value is -3.44. The minimum absolute atomic E-state index is 0.0295. The summed E-state index contributed by atoms with van der Waals surface area (Å²) in [7, 11) is 0. The molecule has 36 heavy (non-hydrogen) atoms. The number of carbonyl (C=O) groups excluding carboxylic acids is 2. The maximum Gasteiger partial charge on any atom is 0.332 e. The summed E-state index contributed by atoms with van der Waals surface area (Å²) >= 11 is 0. The van der Waals surface area contributed by atoms with Crippen LogP contribution in [0.15, 0.2) is 91.0 Å². The van der Waals surface area contributed by atoms with Crippen molar-refractivity contribution in [2.75, 3.05) is 24.5 Å². The monoisotopic (exact) mass is 484 g/mol. The molecule has 0 radical (unpaired) electrons. The molecule has 0 aliphatic carbocycles. The summed E-state index contributed by atoms with van der Waals surface area (Å²) in [4.78, 5) is 31.5. The van der Waals surface area contributed by atoms with Crippen LogP contribution in [0.4, 0.5) is 5.69 Å². The minimum Gasteiger partial charge on any atom is -0.459 e. The first-order valence-corrected chi connectivity index (χ1v) is 13.0. The lowest BCUT2D eigenvalue weighted by atomic mass is 9.84. The van der Waals surface area contributed by atoms with Gasteiger partial charge in [-0.25, -0.2) is 4.79 Å². The first-order valence-electron chi connectivity index (χ1n) is 13.0. The van der Waals surface area contributed by atoms with Crippen LogP contribution in [0.1, 0.15) is 43.7 Å². The molecule has 1 aliphatic heterocycles. The summed E-state index contributed by atoms with van der Waals surface area (Å²) in [6.07, 6.45) is 3.16. The van der Waals surface area contributed by atoms with Crippen LogP contribution in [0.5, 0.6) is 0 Å². The SMILES string of the molecule is CCCC(=O)N(c1ccccc1)C1(C(=O)OCc2ccccc2)CCN(CCc2ccccc2)CC1. The zero-order valence-electron chi connectivity index (χ0n) is 21.1. The Balaban J connectivity index is 1.57. The van der Waals surface area contributed by atoms with E-state index in [0.717, 1.165) is 43.7 Å². The highest BCUT2D eigenvalue weighted by Gasteiger charge is 2.50. The molecule has 3 aromatic rings. The topological polar surface area (TPSA) is 49.9 Å². The minimum atomic E-state index is -1.02. The molecule has 0 bridgehead atoms. The largest absolute Gasteiger partial charge is 0.459 e. The fourth-order valence-electron chi connectivity index (χ4n) is 4.99. The summed E-state index contributed by atoms with van der Waals surface area (Å²) in [6.45, 7) is 4.58. The van der Waals surface area contributed by atoms with Crippen molar-refractivity contribution in [1.29, 1.82) is 0 Å². The van der Waals surface area contributed by atoms with Gasteiger partial charge in [0.2, 0.25) is 5.91 Å². The number of para-hydroxylation sites is 1. The maximum atomic E-state index is 13.9. The molecule has 0 spiro atoms. The maximum absolute atomic E-state index is 13.9. The van der Waals surface area contributed by atoms with E-state index >= 15 is 0 Å². The molecule has 5 heteroatoms. The third-order valence-electron chi connectivity index (χ3n) is 6.99. The number of hydrogen-bond acceptors (Lipinski definition) is 4. The number of amides is 1. The molecule has 1 aliphatic rings. The predicted octanol–water partition coefficient (Wildman–Crippen LogP) is 5.64. The number of ether oxygens (including phenoxy) is 1. The Morgan fingerprint density at radius 1 is 0.833 bits per heavy atom. The second-order valence-corrected chi connectivity index (χ2v) is 9.49. The molecule has 0 N–H and O–H groups in total. The smallest absolute Gasteiger partial charge is 0.332 e. The van der Waals surface area contributed by atoms with Gasteiger partial charge in [-0.15, -0.1) is 0 Å². The molecule has 0 saturated carbocycles. The van der Waals surface area contributed by atoms with Crippen molar-refractivity contribution >= 4 is 17.6 Å². The van der Waals surface area contributed by atoms with Crippen molar-refractivity contribution in [1.82, 2.24) is 4.90 Å². The molecule has 0 unspecified atom stereocenters. The number of anilines is 1. The highest BCUT2D eigenvalue weighted by molar-refractivity contribution is 6.02. The van der Waals surface area contributed by atoms with Crippen LogP contribution in [0.25, 0.3) is 0 Å². The predicted molar refractivity (Wildman–Crippen MR) is 144 cm³/mol. The lowest BCUT2D eigenvalue weighted by Crippen LogP contribution is -2.63. The van der Waals surface area contributed by atoms with Crippen LogP contribution in [0.2, 0.25) is 0 Å². The first kappa shape index (κ1) is 25.6. The summed E-state index contributed by atoms with van der Waals surface area (Å²) in [5.41, 5.74) is 1.98. The second kappa shape index (κ2) is 12.5. The van der Waals surface area contributed by atoms with E-state index in [9.17, 15) is 9.59 Å². The van der Waals surface area contributed by atoms with E-state index < -0.39 is 5.54 Å². The third-order valence-corrected chi connectivity index (χ3v) is 6.99. The number of esters is 1. The third kappa shape index (κ3) is 6.21. The van der Waals surface area contributed by atoms with Gasteiger partial charge in [0, 0.05) is 31.7 Å². The molecule has 1 fully saturated rings. The number of nitrogens with zero attached hydrogens (tertiary/aromatic N) is 2. The molecule has 1 heterocycles. The molecule has 0 aromatic heterocycles. The number of carbonyl (C=O) groups is 2. The van der Waals surface area contributed by atoms with Crippen LogP contribution in [0.3, 0.4) is 0 Å². The molecule has 3 aromatic carbocycles. The van der Waals surface area contributed by atoms with Gasteiger partial charge in [0.25, 0.3) is 0 Å². The van der Waals surface area contributed by atoms with Gasteiger partial charge in [0.15, 0.2) is 0 Å². The summed E-state index contributed by atoms with van der Waals surface area (Å²) in [6, 6.07) is 29.8. The zero-order valence-corrected chi connectivity index (χ0v) is 21.1. The Kier molecular flexibility index (Phi) is 8.90. The molecular weight excluding hydrogens is 448 g/mol. The summed E-state index contributed by atoms with van der Waals surface area (Å²) in [5, 5.41) is 0. The number of piperidine rings is 1. The number of rotatable bonds is 10. The first-order chi connectivity index (χ1) is 17.6. The van der Waals surface area contributed by atoms with Gasteiger partial charge in [0.1, 0.15) is 12.1 Å². The van der Waals surface area contributed by atoms with Gasteiger partial charge in [0.05, 0.1) is 0 Å². The number of benzene rings is 3. The lowest BCUT2D eigenvalue weighted by Gasteiger charge is -2.46. The van der Waals surface area contributed by atoms with Crippen molar-refractivity contribution in [2.45, 2.75) is 51.2 Å². The van der Waals surface area contributed by atoms with E-state index in [1.807, 2.05) is 73.7 Å². The van der Waals surface area contributed by atoms with Crippen LogP contribution in [0, 0.1) is 0 Å². The van der Waals surface area contributed by atoms with Crippen LogP contribution >= 0.6 is 0 Å². The van der Waals surface area contributed by atoms with Crippen LogP contribution < -0.4 is 4.90 Å². The summed E-state index contributed by atoms with van der Waals surface area (Å²) in [5.74, 6) is -0.347. The Morgan fingerprint density at radius 3 is 1.97 bits per heavy atom. The van der Waals surface area contributed by atoms with Gasteiger partial charge in [-0.05, 0) is 48.9 Å². The highest BCUT2D eigenvalue weighted by Crippen LogP contribution is 2.36. The molecule has 5 nitrogen and oxygen atoms in total. The van der Waals surface area contributed by atoms with Crippen LogP contribution in [-0.4, -0.2) is 41.9 Å². The Labute approximate surface area is 214 Å². The molecule has 0 atom stereocenters. The second-order valence-electron chi connectivity index (χ2n) is 9.49. The molecule has 1 saturated heterocycles. The van der Waals surface area contributed by atoms with Gasteiger partial charge >= 0.3 is 5.97 Å². The Bertz CT molecular complexity index is 1090. The van der Waals surface area contributed by atoms with Gasteiger partial charge in [-0.3, -0.25) is 9.69 Å². The molecule has 4 rings (SSSR count). The van der Waals surface area contributed by atoms with Gasteiger partial charge < -0.3 is 9.64 Å². The fraction of sp³-hybridized carbons (Fsp3) is 0.355. The molecule has 1 amide bonds. The van der Waals surface area contributed by atoms with Crippen LogP contribution in [-0.2, 0) is 27.4 Å². The summed E-state index contributed by atoms with van der Waals surface area (Å²) < 4.78 is 5.91. The van der Waals surface area contributed by atoms with Crippen molar-refractivity contribution < 1.29 is 14.3 Å². The van der Waals surface area contributed by atoms with Crippen molar-refractivity contribution in [3.05, 3.63) is 102 Å². The molecular formula is C31H36N2O3. The van der Waals surface area contributed by atoms with E-state index in [1.165, 1.54) is 5.56 Å². The van der Waals surface area contributed by atoms with Crippen molar-refractivity contribution in [2.24, 2.45) is 0 Å². The highest BCUT2D eigenvalue weighted by atomic mass is 16.5. The zero-order chi connectivity index (χ0) is 25.2. The van der Waals surface area contributed by atoms with Gasteiger partial charge in [-0.1, -0.05) is 85.8 Å². The van der Waals surface area contributed by atoms with Gasteiger partial charge in [-0.2, -0.15) is 0 Å². The molecule has 188 valence electrons. The van der Waals surface area contributed by atoms with E-state index in [1.54, 1.807) is 4.90 Å². The quantitative estimate of drug-likeness (QED) is 0.350. The van der Waals surface area contributed by atoms with Crippen molar-refractivity contribution in [3.8, 4) is 0 Å².